The van der Waals surface area contributed by atoms with Crippen LogP contribution in [0.4, 0.5) is 8.78 Å². The summed E-state index contributed by atoms with van der Waals surface area (Å²) < 4.78 is 34.0. The molecule has 0 bridgehead atoms. The van der Waals surface area contributed by atoms with Gasteiger partial charge in [-0.25, -0.2) is 8.78 Å². The van der Waals surface area contributed by atoms with Crippen molar-refractivity contribution in [2.45, 2.75) is 50.7 Å². The second kappa shape index (κ2) is 6.50. The average Bonchev–Trinajstić information content (AvgIpc) is 2.89. The third kappa shape index (κ3) is 3.05. The zero-order chi connectivity index (χ0) is 14.8. The van der Waals surface area contributed by atoms with Crippen molar-refractivity contribution >= 4 is 15.9 Å². The Kier molecular flexibility index (Phi) is 5.15. The summed E-state index contributed by atoms with van der Waals surface area (Å²) in [5.74, 6) is -1.11. The Hall–Kier alpha value is -0.520. The van der Waals surface area contributed by atoms with Crippen molar-refractivity contribution in [3.63, 3.8) is 0 Å². The number of hydrogen-bond donors (Lipinski definition) is 1. The Morgan fingerprint density at radius 1 is 1.35 bits per heavy atom. The summed E-state index contributed by atoms with van der Waals surface area (Å²) in [6, 6.07) is 2.23. The number of benzene rings is 1. The fourth-order valence-corrected chi connectivity index (χ4v) is 3.42. The monoisotopic (exact) mass is 347 g/mol. The maximum Gasteiger partial charge on any atom is 0.143 e. The molecule has 1 aliphatic rings. The van der Waals surface area contributed by atoms with Gasteiger partial charge >= 0.3 is 0 Å². The minimum atomic E-state index is -0.565. The molecule has 0 aromatic heterocycles. The lowest BCUT2D eigenvalue weighted by molar-refractivity contribution is -0.0527. The van der Waals surface area contributed by atoms with Gasteiger partial charge < -0.3 is 10.5 Å². The summed E-state index contributed by atoms with van der Waals surface area (Å²) in [5.41, 5.74) is 5.85. The van der Waals surface area contributed by atoms with Crippen LogP contribution < -0.4 is 5.73 Å². The second-order valence-corrected chi connectivity index (χ2v) is 6.19. The number of halogens is 3. The summed E-state index contributed by atoms with van der Waals surface area (Å²) in [4.78, 5) is 0. The molecule has 2 nitrogen and oxygen atoms in total. The molecule has 112 valence electrons. The van der Waals surface area contributed by atoms with E-state index in [2.05, 4.69) is 15.9 Å². The SMILES string of the molecule is CCOC1(C(N)Cc2c(F)ccc(Br)c2F)CCCC1. The molecule has 5 heteroatoms. The van der Waals surface area contributed by atoms with Gasteiger partial charge in [-0.15, -0.1) is 0 Å². The van der Waals surface area contributed by atoms with E-state index in [1.807, 2.05) is 6.92 Å². The van der Waals surface area contributed by atoms with Gasteiger partial charge in [0.05, 0.1) is 10.1 Å². The quantitative estimate of drug-likeness (QED) is 0.818. The summed E-state index contributed by atoms with van der Waals surface area (Å²) in [6.45, 7) is 2.49. The second-order valence-electron chi connectivity index (χ2n) is 5.34. The highest BCUT2D eigenvalue weighted by Crippen LogP contribution is 2.37. The van der Waals surface area contributed by atoms with E-state index in [9.17, 15) is 8.78 Å². The van der Waals surface area contributed by atoms with Crippen LogP contribution in [-0.4, -0.2) is 18.2 Å². The van der Waals surface area contributed by atoms with Crippen LogP contribution in [0.15, 0.2) is 16.6 Å². The van der Waals surface area contributed by atoms with Gasteiger partial charge in [0.1, 0.15) is 11.6 Å². The van der Waals surface area contributed by atoms with Gasteiger partial charge in [-0.3, -0.25) is 0 Å². The van der Waals surface area contributed by atoms with Crippen molar-refractivity contribution in [2.75, 3.05) is 6.61 Å². The lowest BCUT2D eigenvalue weighted by Gasteiger charge is -2.35. The fourth-order valence-electron chi connectivity index (χ4n) is 3.05. The summed E-state index contributed by atoms with van der Waals surface area (Å²) >= 11 is 3.08. The molecule has 0 aliphatic heterocycles. The van der Waals surface area contributed by atoms with Crippen molar-refractivity contribution < 1.29 is 13.5 Å². The first-order chi connectivity index (χ1) is 9.50. The van der Waals surface area contributed by atoms with E-state index in [1.165, 1.54) is 12.1 Å². The van der Waals surface area contributed by atoms with E-state index in [4.69, 9.17) is 10.5 Å². The number of ether oxygens (including phenoxy) is 1. The van der Waals surface area contributed by atoms with Gasteiger partial charge in [0.25, 0.3) is 0 Å². The van der Waals surface area contributed by atoms with E-state index < -0.39 is 23.3 Å². The Morgan fingerprint density at radius 3 is 2.60 bits per heavy atom. The van der Waals surface area contributed by atoms with E-state index in [0.717, 1.165) is 25.7 Å². The highest BCUT2D eigenvalue weighted by molar-refractivity contribution is 9.10. The molecule has 2 N–H and O–H groups in total. The van der Waals surface area contributed by atoms with Gasteiger partial charge in [0.15, 0.2) is 0 Å². The number of rotatable bonds is 5. The zero-order valence-corrected chi connectivity index (χ0v) is 13.2. The van der Waals surface area contributed by atoms with Crippen LogP contribution in [0.3, 0.4) is 0 Å². The maximum absolute atomic E-state index is 14.0. The highest BCUT2D eigenvalue weighted by Gasteiger charge is 2.40. The minimum Gasteiger partial charge on any atom is -0.374 e. The van der Waals surface area contributed by atoms with Crippen LogP contribution >= 0.6 is 15.9 Å². The molecule has 1 aromatic rings. The van der Waals surface area contributed by atoms with E-state index >= 15 is 0 Å². The fraction of sp³-hybridized carbons (Fsp3) is 0.600. The smallest absolute Gasteiger partial charge is 0.143 e. The van der Waals surface area contributed by atoms with Gasteiger partial charge in [0, 0.05) is 18.2 Å². The first kappa shape index (κ1) is 15.9. The van der Waals surface area contributed by atoms with Crippen LogP contribution in [0.5, 0.6) is 0 Å². The molecule has 1 unspecified atom stereocenters. The van der Waals surface area contributed by atoms with E-state index in [0.29, 0.717) is 6.61 Å². The predicted octanol–water partition coefficient (Wildman–Crippen LogP) is 3.95. The topological polar surface area (TPSA) is 35.2 Å². The third-order valence-electron chi connectivity index (χ3n) is 4.12. The van der Waals surface area contributed by atoms with Gasteiger partial charge in [0.2, 0.25) is 0 Å². The van der Waals surface area contributed by atoms with Crippen LogP contribution in [0.2, 0.25) is 0 Å². The molecule has 1 aromatic carbocycles. The first-order valence-corrected chi connectivity index (χ1v) is 7.81. The number of hydrogen-bond acceptors (Lipinski definition) is 2. The van der Waals surface area contributed by atoms with Crippen molar-refractivity contribution in [1.82, 2.24) is 0 Å². The summed E-state index contributed by atoms with van der Waals surface area (Å²) in [7, 11) is 0. The molecule has 1 aliphatic carbocycles. The Labute approximate surface area is 126 Å². The van der Waals surface area contributed by atoms with Crippen LogP contribution in [0.25, 0.3) is 0 Å². The third-order valence-corrected chi connectivity index (χ3v) is 4.73. The number of nitrogens with two attached hydrogens (primary N) is 1. The molecular weight excluding hydrogens is 328 g/mol. The molecule has 0 saturated heterocycles. The van der Waals surface area contributed by atoms with Crippen LogP contribution in [0.1, 0.15) is 38.2 Å². The zero-order valence-electron chi connectivity index (χ0n) is 11.6. The molecule has 2 rings (SSSR count). The lowest BCUT2D eigenvalue weighted by Crippen LogP contribution is -2.49. The van der Waals surface area contributed by atoms with Crippen LogP contribution in [-0.2, 0) is 11.2 Å². The molecular formula is C15H20BrF2NO. The summed E-state index contributed by atoms with van der Waals surface area (Å²) in [5, 5.41) is 0. The summed E-state index contributed by atoms with van der Waals surface area (Å²) in [6.07, 6.45) is 3.98. The van der Waals surface area contributed by atoms with Crippen molar-refractivity contribution in [3.8, 4) is 0 Å². The molecule has 1 saturated carbocycles. The van der Waals surface area contributed by atoms with Crippen molar-refractivity contribution in [3.05, 3.63) is 33.8 Å². The molecule has 1 fully saturated rings. The van der Waals surface area contributed by atoms with Gasteiger partial charge in [-0.05, 0) is 54.2 Å². The highest BCUT2D eigenvalue weighted by atomic mass is 79.9. The standard InChI is InChI=1S/C15H20BrF2NO/c1-2-20-15(7-3-4-8-15)13(19)9-10-12(17)6-5-11(16)14(10)18/h5-6,13H,2-4,7-9,19H2,1H3. The maximum atomic E-state index is 14.0. The molecule has 20 heavy (non-hydrogen) atoms. The van der Waals surface area contributed by atoms with E-state index in [-0.39, 0.29) is 16.5 Å². The Bertz CT molecular complexity index is 475. The van der Waals surface area contributed by atoms with Gasteiger partial charge in [-0.1, -0.05) is 12.8 Å². The molecule has 0 radical (unpaired) electrons. The lowest BCUT2D eigenvalue weighted by atomic mass is 9.87. The minimum absolute atomic E-state index is 0.0397. The Balaban J connectivity index is 2.22. The predicted molar refractivity (Wildman–Crippen MR) is 78.6 cm³/mol. The van der Waals surface area contributed by atoms with Crippen molar-refractivity contribution in [1.29, 1.82) is 0 Å². The van der Waals surface area contributed by atoms with Crippen molar-refractivity contribution in [2.24, 2.45) is 5.73 Å². The molecule has 0 heterocycles. The van der Waals surface area contributed by atoms with Gasteiger partial charge in [-0.2, -0.15) is 0 Å². The molecule has 0 amide bonds. The molecule has 1 atom stereocenters. The average molecular weight is 348 g/mol. The first-order valence-electron chi connectivity index (χ1n) is 7.02. The Morgan fingerprint density at radius 2 is 2.00 bits per heavy atom. The molecule has 0 spiro atoms. The normalized spacial score (nSPS) is 19.2. The largest absolute Gasteiger partial charge is 0.374 e. The van der Waals surface area contributed by atoms with Crippen LogP contribution in [0, 0.1) is 11.6 Å². The van der Waals surface area contributed by atoms with E-state index in [1.54, 1.807) is 0 Å².